The van der Waals surface area contributed by atoms with Crippen LogP contribution >= 0.6 is 11.8 Å². The van der Waals surface area contributed by atoms with E-state index in [1.54, 1.807) is 12.4 Å². The Hall–Kier alpha value is -3.45. The van der Waals surface area contributed by atoms with Gasteiger partial charge in [0.25, 0.3) is 0 Å². The minimum absolute atomic E-state index is 0.0231. The number of nitrogens with zero attached hydrogens (tertiary/aromatic N) is 4. The lowest BCUT2D eigenvalue weighted by Crippen LogP contribution is -2.28. The van der Waals surface area contributed by atoms with E-state index in [0.717, 1.165) is 41.0 Å². The summed E-state index contributed by atoms with van der Waals surface area (Å²) in [6, 6.07) is 18.6. The molecule has 0 unspecified atom stereocenters. The van der Waals surface area contributed by atoms with E-state index >= 15 is 0 Å². The maximum absolute atomic E-state index is 12.9. The van der Waals surface area contributed by atoms with Crippen molar-refractivity contribution in [3.63, 3.8) is 0 Å². The van der Waals surface area contributed by atoms with Crippen molar-refractivity contribution in [1.29, 1.82) is 0 Å². The largest absolute Gasteiger partial charge is 0.349 e. The molecule has 1 atom stereocenters. The maximum atomic E-state index is 12.9. The van der Waals surface area contributed by atoms with Crippen molar-refractivity contribution in [2.75, 3.05) is 5.75 Å². The van der Waals surface area contributed by atoms with E-state index in [1.165, 1.54) is 35.7 Å². The van der Waals surface area contributed by atoms with Crippen LogP contribution in [0.25, 0.3) is 17.1 Å². The van der Waals surface area contributed by atoms with Gasteiger partial charge in [0.15, 0.2) is 11.0 Å². The third-order valence-electron chi connectivity index (χ3n) is 6.51. The van der Waals surface area contributed by atoms with Crippen LogP contribution < -0.4 is 5.32 Å². The molecule has 0 fully saturated rings. The van der Waals surface area contributed by atoms with Crippen LogP contribution in [0.5, 0.6) is 0 Å². The van der Waals surface area contributed by atoms with Crippen molar-refractivity contribution in [1.82, 2.24) is 25.1 Å². The Morgan fingerprint density at radius 2 is 1.80 bits per heavy atom. The zero-order chi connectivity index (χ0) is 24.2. The number of carbonyl (C=O) groups excluding carboxylic acids is 1. The average molecular weight is 484 g/mol. The van der Waals surface area contributed by atoms with Crippen LogP contribution in [0, 0.1) is 6.92 Å². The molecule has 2 heterocycles. The van der Waals surface area contributed by atoms with Gasteiger partial charge in [0.1, 0.15) is 0 Å². The zero-order valence-corrected chi connectivity index (χ0v) is 20.9. The number of rotatable bonds is 7. The molecule has 0 saturated carbocycles. The summed E-state index contributed by atoms with van der Waals surface area (Å²) in [5.74, 6) is 0.965. The Bertz CT molecular complexity index is 1330. The van der Waals surface area contributed by atoms with E-state index in [2.05, 4.69) is 51.7 Å². The Balaban J connectivity index is 1.33. The fraction of sp³-hybridized carbons (Fsp3) is 0.286. The molecule has 6 nitrogen and oxygen atoms in total. The smallest absolute Gasteiger partial charge is 0.230 e. The zero-order valence-electron chi connectivity index (χ0n) is 20.1. The number of para-hydroxylation sites is 1. The molecule has 2 aromatic heterocycles. The van der Waals surface area contributed by atoms with Gasteiger partial charge in [-0.1, -0.05) is 48.2 Å². The van der Waals surface area contributed by atoms with E-state index < -0.39 is 0 Å². The number of carbonyl (C=O) groups is 1. The Kier molecular flexibility index (Phi) is 6.95. The van der Waals surface area contributed by atoms with Crippen LogP contribution in [-0.2, 0) is 17.6 Å². The maximum Gasteiger partial charge on any atom is 0.230 e. The van der Waals surface area contributed by atoms with Gasteiger partial charge in [0.2, 0.25) is 5.91 Å². The second kappa shape index (κ2) is 10.4. The number of aromatic nitrogens is 4. The van der Waals surface area contributed by atoms with Gasteiger partial charge in [-0.2, -0.15) is 0 Å². The normalized spacial score (nSPS) is 13.8. The molecule has 1 aliphatic carbocycles. The topological polar surface area (TPSA) is 72.7 Å². The summed E-state index contributed by atoms with van der Waals surface area (Å²) in [5, 5.41) is 12.7. The number of aryl methyl sites for hydroxylation is 3. The van der Waals surface area contributed by atoms with Gasteiger partial charge in [-0.25, -0.2) is 0 Å². The molecule has 1 amide bonds. The fourth-order valence-electron chi connectivity index (χ4n) is 4.60. The third-order valence-corrected chi connectivity index (χ3v) is 7.44. The number of benzene rings is 2. The van der Waals surface area contributed by atoms with Gasteiger partial charge in [-0.15, -0.1) is 10.2 Å². The van der Waals surface area contributed by atoms with Gasteiger partial charge >= 0.3 is 0 Å². The molecule has 0 saturated heterocycles. The fourth-order valence-corrected chi connectivity index (χ4v) is 5.36. The first-order chi connectivity index (χ1) is 17.1. The molecular weight excluding hydrogens is 454 g/mol. The van der Waals surface area contributed by atoms with Crippen LogP contribution in [-0.4, -0.2) is 31.4 Å². The van der Waals surface area contributed by atoms with Gasteiger partial charge in [0.05, 0.1) is 17.5 Å². The molecule has 7 heteroatoms. The van der Waals surface area contributed by atoms with Crippen molar-refractivity contribution >= 4 is 17.7 Å². The lowest BCUT2D eigenvalue weighted by molar-refractivity contribution is -0.119. The summed E-state index contributed by atoms with van der Waals surface area (Å²) in [6.45, 7) is 4.11. The van der Waals surface area contributed by atoms with Crippen LogP contribution in [0.15, 0.2) is 72.1 Å². The molecule has 178 valence electrons. The quantitative estimate of drug-likeness (QED) is 0.352. The first-order valence-electron chi connectivity index (χ1n) is 12.1. The SMILES string of the molecule is Cc1ccccc1-n1c(SCC(=O)N[C@H](C)c2ccc3c(c2)CCCC3)nnc1-c1ccncc1. The van der Waals surface area contributed by atoms with Crippen molar-refractivity contribution in [3.05, 3.63) is 89.2 Å². The number of fused-ring (bicyclic) bond motifs is 1. The van der Waals surface area contributed by atoms with Crippen molar-refractivity contribution in [2.45, 2.75) is 50.7 Å². The molecule has 5 rings (SSSR count). The molecule has 0 radical (unpaired) electrons. The van der Waals surface area contributed by atoms with E-state index in [1.807, 2.05) is 41.8 Å². The molecule has 2 aromatic carbocycles. The monoisotopic (exact) mass is 483 g/mol. The Morgan fingerprint density at radius 1 is 1.03 bits per heavy atom. The van der Waals surface area contributed by atoms with Crippen LogP contribution in [0.2, 0.25) is 0 Å². The second-order valence-electron chi connectivity index (χ2n) is 8.98. The van der Waals surface area contributed by atoms with Gasteiger partial charge in [-0.05, 0) is 80.0 Å². The highest BCUT2D eigenvalue weighted by molar-refractivity contribution is 7.99. The summed E-state index contributed by atoms with van der Waals surface area (Å²) in [7, 11) is 0. The van der Waals surface area contributed by atoms with Crippen LogP contribution in [0.1, 0.15) is 48.1 Å². The van der Waals surface area contributed by atoms with Crippen LogP contribution in [0.4, 0.5) is 0 Å². The minimum Gasteiger partial charge on any atom is -0.349 e. The summed E-state index contributed by atoms with van der Waals surface area (Å²) < 4.78 is 2.02. The predicted molar refractivity (Wildman–Crippen MR) is 140 cm³/mol. The molecule has 35 heavy (non-hydrogen) atoms. The number of nitrogens with one attached hydrogen (secondary N) is 1. The van der Waals surface area contributed by atoms with Crippen molar-refractivity contribution in [2.24, 2.45) is 0 Å². The number of pyridine rings is 1. The third kappa shape index (κ3) is 5.15. The molecule has 1 N–H and O–H groups in total. The molecule has 0 aliphatic heterocycles. The van der Waals surface area contributed by atoms with Gasteiger partial charge in [-0.3, -0.25) is 14.3 Å². The van der Waals surface area contributed by atoms with E-state index in [9.17, 15) is 4.79 Å². The van der Waals surface area contributed by atoms with E-state index in [-0.39, 0.29) is 17.7 Å². The minimum atomic E-state index is -0.0445. The van der Waals surface area contributed by atoms with E-state index in [4.69, 9.17) is 0 Å². The Morgan fingerprint density at radius 3 is 2.60 bits per heavy atom. The van der Waals surface area contributed by atoms with Crippen LogP contribution in [0.3, 0.4) is 0 Å². The molecule has 4 aromatic rings. The Labute approximate surface area is 210 Å². The standard InChI is InChI=1S/C28H29N5OS/c1-19-7-3-6-10-25(19)33-27(22-13-15-29-16-14-22)31-32-28(33)35-18-26(34)30-20(2)23-12-11-21-8-4-5-9-24(21)17-23/h3,6-7,10-17,20H,4-5,8-9,18H2,1-2H3,(H,30,34)/t20-/m1/s1. The lowest BCUT2D eigenvalue weighted by atomic mass is 9.89. The van der Waals surface area contributed by atoms with Gasteiger partial charge in [0, 0.05) is 18.0 Å². The summed E-state index contributed by atoms with van der Waals surface area (Å²) in [5.41, 5.74) is 7.07. The molecular formula is C28H29N5OS. The number of thioether (sulfide) groups is 1. The number of hydrogen-bond acceptors (Lipinski definition) is 5. The highest BCUT2D eigenvalue weighted by Gasteiger charge is 2.19. The first-order valence-corrected chi connectivity index (χ1v) is 13.0. The van der Waals surface area contributed by atoms with Crippen molar-refractivity contribution < 1.29 is 4.79 Å². The highest BCUT2D eigenvalue weighted by Crippen LogP contribution is 2.29. The number of amides is 1. The average Bonchev–Trinajstić information content (AvgIpc) is 3.31. The van der Waals surface area contributed by atoms with Crippen molar-refractivity contribution in [3.8, 4) is 17.1 Å². The molecule has 1 aliphatic rings. The summed E-state index contributed by atoms with van der Waals surface area (Å²) in [4.78, 5) is 17.0. The lowest BCUT2D eigenvalue weighted by Gasteiger charge is -2.20. The summed E-state index contributed by atoms with van der Waals surface area (Å²) in [6.07, 6.45) is 8.30. The molecule has 0 bridgehead atoms. The second-order valence-corrected chi connectivity index (χ2v) is 9.92. The van der Waals surface area contributed by atoms with Gasteiger partial charge < -0.3 is 5.32 Å². The summed E-state index contributed by atoms with van der Waals surface area (Å²) >= 11 is 1.40. The molecule has 0 spiro atoms. The van der Waals surface area contributed by atoms with E-state index in [0.29, 0.717) is 5.16 Å². The number of hydrogen-bond donors (Lipinski definition) is 1. The first kappa shape index (κ1) is 23.3. The predicted octanol–water partition coefficient (Wildman–Crippen LogP) is 5.49. The highest BCUT2D eigenvalue weighted by atomic mass is 32.2.